The maximum absolute atomic E-state index is 12.6. The molecule has 2 atom stereocenters. The Bertz CT molecular complexity index is 897. The van der Waals surface area contributed by atoms with Crippen LogP contribution in [0.3, 0.4) is 0 Å². The Morgan fingerprint density at radius 3 is 2.91 bits per heavy atom. The average Bonchev–Trinajstić information content (AvgIpc) is 3.15. The molecule has 0 bridgehead atoms. The summed E-state index contributed by atoms with van der Waals surface area (Å²) in [5.74, 6) is -0.143. The van der Waals surface area contributed by atoms with E-state index in [-0.39, 0.29) is 16.8 Å². The van der Waals surface area contributed by atoms with Crippen LogP contribution >= 0.6 is 0 Å². The monoisotopic (exact) mass is 312 g/mol. The van der Waals surface area contributed by atoms with Gasteiger partial charge in [0.05, 0.1) is 17.4 Å². The quantitative estimate of drug-likeness (QED) is 0.784. The maximum atomic E-state index is 12.6. The van der Waals surface area contributed by atoms with E-state index >= 15 is 0 Å². The van der Waals surface area contributed by atoms with Crippen molar-refractivity contribution in [2.24, 2.45) is 0 Å². The number of carbonyl (C=O) groups is 2. The van der Waals surface area contributed by atoms with Gasteiger partial charge < -0.3 is 14.4 Å². The van der Waals surface area contributed by atoms with Gasteiger partial charge in [0.2, 0.25) is 0 Å². The van der Waals surface area contributed by atoms with Gasteiger partial charge in [-0.25, -0.2) is 14.7 Å². The highest BCUT2D eigenvalue weighted by atomic mass is 16.3. The van der Waals surface area contributed by atoms with Crippen LogP contribution in [0.15, 0.2) is 16.5 Å². The van der Waals surface area contributed by atoms with Crippen molar-refractivity contribution in [2.75, 3.05) is 11.4 Å². The molecular formula is C15H12N4O4. The van der Waals surface area contributed by atoms with E-state index in [9.17, 15) is 14.7 Å². The van der Waals surface area contributed by atoms with Crippen molar-refractivity contribution in [3.8, 4) is 6.07 Å². The summed E-state index contributed by atoms with van der Waals surface area (Å²) in [4.78, 5) is 31.7. The molecule has 0 spiro atoms. The van der Waals surface area contributed by atoms with Crippen LogP contribution in [0.1, 0.15) is 17.9 Å². The summed E-state index contributed by atoms with van der Waals surface area (Å²) >= 11 is 0. The van der Waals surface area contributed by atoms with Gasteiger partial charge in [-0.05, 0) is 18.6 Å². The summed E-state index contributed by atoms with van der Waals surface area (Å²) in [6.45, 7) is 1.96. The molecular weight excluding hydrogens is 300 g/mol. The van der Waals surface area contributed by atoms with Gasteiger partial charge >= 0.3 is 6.03 Å². The van der Waals surface area contributed by atoms with Gasteiger partial charge in [0, 0.05) is 13.5 Å². The van der Waals surface area contributed by atoms with E-state index in [1.165, 1.54) is 17.0 Å². The number of benzene rings is 1. The van der Waals surface area contributed by atoms with Crippen LogP contribution in [0, 0.1) is 18.3 Å². The lowest BCUT2D eigenvalue weighted by Crippen LogP contribution is -2.36. The van der Waals surface area contributed by atoms with Crippen molar-refractivity contribution in [2.45, 2.75) is 25.5 Å². The van der Waals surface area contributed by atoms with Crippen molar-refractivity contribution >= 4 is 28.7 Å². The number of aromatic nitrogens is 1. The molecule has 0 radical (unpaired) electrons. The predicted molar refractivity (Wildman–Crippen MR) is 77.5 cm³/mol. The van der Waals surface area contributed by atoms with Gasteiger partial charge in [-0.15, -0.1) is 0 Å². The third-order valence-electron chi connectivity index (χ3n) is 4.27. The molecule has 1 N–H and O–H groups in total. The molecule has 8 heteroatoms. The molecule has 2 saturated heterocycles. The van der Waals surface area contributed by atoms with E-state index in [0.29, 0.717) is 24.4 Å². The topological polar surface area (TPSA) is 111 Å². The Morgan fingerprint density at radius 1 is 1.43 bits per heavy atom. The van der Waals surface area contributed by atoms with Gasteiger partial charge in [-0.2, -0.15) is 5.26 Å². The molecule has 4 rings (SSSR count). The molecule has 2 fully saturated rings. The summed E-state index contributed by atoms with van der Waals surface area (Å²) in [6.07, 6.45) is -0.466. The van der Waals surface area contributed by atoms with Gasteiger partial charge in [0.1, 0.15) is 17.6 Å². The Balaban J connectivity index is 1.89. The molecule has 8 nitrogen and oxygen atoms in total. The molecule has 2 aliphatic rings. The van der Waals surface area contributed by atoms with Crippen molar-refractivity contribution in [3.05, 3.63) is 23.6 Å². The highest BCUT2D eigenvalue weighted by molar-refractivity contribution is 6.24. The third kappa shape index (κ3) is 1.71. The number of anilines is 1. The minimum atomic E-state index is -0.857. The normalized spacial score (nSPS) is 23.7. The van der Waals surface area contributed by atoms with Gasteiger partial charge in [0.25, 0.3) is 5.91 Å². The first kappa shape index (κ1) is 13.7. The number of hydrogen-bond acceptors (Lipinski definition) is 6. The van der Waals surface area contributed by atoms with E-state index in [0.717, 1.165) is 4.90 Å². The van der Waals surface area contributed by atoms with Crippen molar-refractivity contribution in [3.63, 3.8) is 0 Å². The lowest BCUT2D eigenvalue weighted by atomic mass is 10.1. The zero-order valence-electron chi connectivity index (χ0n) is 12.2. The third-order valence-corrected chi connectivity index (χ3v) is 4.27. The Morgan fingerprint density at radius 2 is 2.22 bits per heavy atom. The molecule has 1 unspecified atom stereocenters. The van der Waals surface area contributed by atoms with Crippen molar-refractivity contribution < 1.29 is 19.1 Å². The van der Waals surface area contributed by atoms with Gasteiger partial charge in [0.15, 0.2) is 11.5 Å². The number of nitriles is 1. The number of aliphatic hydroxyl groups is 1. The van der Waals surface area contributed by atoms with E-state index in [4.69, 9.17) is 9.68 Å². The maximum Gasteiger partial charge on any atom is 0.332 e. The first-order valence-electron chi connectivity index (χ1n) is 7.16. The summed E-state index contributed by atoms with van der Waals surface area (Å²) in [7, 11) is 0. The Kier molecular flexibility index (Phi) is 2.71. The van der Waals surface area contributed by atoms with Crippen LogP contribution in [0.2, 0.25) is 0 Å². The number of urea groups is 1. The van der Waals surface area contributed by atoms with Crippen LogP contribution < -0.4 is 4.90 Å². The van der Waals surface area contributed by atoms with Gasteiger partial charge in [-0.1, -0.05) is 0 Å². The molecule has 2 aromatic rings. The fourth-order valence-electron chi connectivity index (χ4n) is 3.23. The van der Waals surface area contributed by atoms with E-state index in [1.54, 1.807) is 6.92 Å². The number of hydrogen-bond donors (Lipinski definition) is 1. The lowest BCUT2D eigenvalue weighted by molar-refractivity contribution is -0.121. The highest BCUT2D eigenvalue weighted by Crippen LogP contribution is 2.36. The van der Waals surface area contributed by atoms with E-state index in [2.05, 4.69) is 4.98 Å². The predicted octanol–water partition coefficient (Wildman–Crippen LogP) is 0.910. The molecule has 3 heterocycles. The second-order valence-electron chi connectivity index (χ2n) is 5.61. The number of aryl methyl sites for hydroxylation is 1. The van der Waals surface area contributed by atoms with E-state index < -0.39 is 24.1 Å². The van der Waals surface area contributed by atoms with E-state index in [1.807, 2.05) is 6.07 Å². The molecule has 2 aliphatic heterocycles. The summed E-state index contributed by atoms with van der Waals surface area (Å²) in [5.41, 5.74) is 1.09. The zero-order chi connectivity index (χ0) is 16.3. The number of nitrogens with zero attached hydrogens (tertiary/aromatic N) is 4. The Labute approximate surface area is 130 Å². The molecule has 116 valence electrons. The summed E-state index contributed by atoms with van der Waals surface area (Å²) in [5, 5.41) is 19.1. The molecule has 0 aliphatic carbocycles. The number of amides is 3. The van der Waals surface area contributed by atoms with Gasteiger partial charge in [-0.3, -0.25) is 4.79 Å². The standard InChI is InChI=1S/C15H12N4O4/c1-7-17-11-9(3-2-8(6-16)13(11)23-7)19-14(21)12-10(20)4-5-18(12)15(19)22/h2-3,10,12,20H,4-5H2,1H3/t10?,12-/m0/s1. The van der Waals surface area contributed by atoms with Crippen LogP contribution in [0.5, 0.6) is 0 Å². The molecule has 1 aromatic carbocycles. The van der Waals surface area contributed by atoms with Crippen molar-refractivity contribution in [1.29, 1.82) is 5.26 Å². The van der Waals surface area contributed by atoms with Crippen LogP contribution in [-0.4, -0.2) is 45.6 Å². The second kappa shape index (κ2) is 4.54. The average molecular weight is 312 g/mol. The lowest BCUT2D eigenvalue weighted by Gasteiger charge is -2.15. The number of aliphatic hydroxyl groups excluding tert-OH is 1. The largest absolute Gasteiger partial charge is 0.440 e. The summed E-state index contributed by atoms with van der Waals surface area (Å²) < 4.78 is 5.43. The molecule has 0 saturated carbocycles. The number of imide groups is 1. The second-order valence-corrected chi connectivity index (χ2v) is 5.61. The van der Waals surface area contributed by atoms with Crippen LogP contribution in [-0.2, 0) is 4.79 Å². The minimum Gasteiger partial charge on any atom is -0.440 e. The number of fused-ring (bicyclic) bond motifs is 2. The number of carbonyl (C=O) groups excluding carboxylic acids is 2. The number of rotatable bonds is 1. The first-order valence-corrected chi connectivity index (χ1v) is 7.16. The Hall–Kier alpha value is -2.92. The fourth-order valence-corrected chi connectivity index (χ4v) is 3.23. The summed E-state index contributed by atoms with van der Waals surface area (Å²) in [6, 6.07) is 3.66. The SMILES string of the molecule is Cc1nc2c(N3C(=O)[C@@H]4C(O)CCN4C3=O)ccc(C#N)c2o1. The van der Waals surface area contributed by atoms with Crippen molar-refractivity contribution in [1.82, 2.24) is 9.88 Å². The number of oxazole rings is 1. The van der Waals surface area contributed by atoms with Crippen LogP contribution in [0.25, 0.3) is 11.1 Å². The minimum absolute atomic E-state index is 0.246. The molecule has 3 amide bonds. The fraction of sp³-hybridized carbons (Fsp3) is 0.333. The molecule has 23 heavy (non-hydrogen) atoms. The smallest absolute Gasteiger partial charge is 0.332 e. The van der Waals surface area contributed by atoms with Crippen LogP contribution in [0.4, 0.5) is 10.5 Å². The zero-order valence-corrected chi connectivity index (χ0v) is 12.2. The first-order chi connectivity index (χ1) is 11.0. The highest BCUT2D eigenvalue weighted by Gasteiger charge is 2.53. The molecule has 1 aromatic heterocycles.